The van der Waals surface area contributed by atoms with Gasteiger partial charge in [0.25, 0.3) is 11.8 Å². The summed E-state index contributed by atoms with van der Waals surface area (Å²) in [4.78, 5) is 27.3. The number of nitrogens with two attached hydrogens (primary N) is 1. The van der Waals surface area contributed by atoms with Crippen molar-refractivity contribution in [1.29, 1.82) is 0 Å². The molecule has 0 radical (unpaired) electrons. The largest absolute Gasteiger partial charge is 0.497 e. The fourth-order valence-corrected chi connectivity index (χ4v) is 3.79. The van der Waals surface area contributed by atoms with Gasteiger partial charge in [-0.3, -0.25) is 9.59 Å². The second-order valence-electron chi connectivity index (χ2n) is 6.98. The molecule has 2 N–H and O–H groups in total. The number of benzene rings is 2. The van der Waals surface area contributed by atoms with Crippen LogP contribution in [0.1, 0.15) is 32.1 Å². The third kappa shape index (κ3) is 3.06. The number of aromatic nitrogens is 2. The van der Waals surface area contributed by atoms with E-state index in [1.165, 1.54) is 11.8 Å². The normalized spacial score (nSPS) is 13.2. The molecule has 0 unspecified atom stereocenters. The van der Waals surface area contributed by atoms with Crippen LogP contribution in [0.2, 0.25) is 0 Å². The lowest BCUT2D eigenvalue weighted by molar-refractivity contribution is 0.0972. The second kappa shape index (κ2) is 7.55. The summed E-state index contributed by atoms with van der Waals surface area (Å²) < 4.78 is 12.2. The number of carbonyl (C=O) groups is 2. The maximum absolute atomic E-state index is 13.6. The number of amides is 2. The highest BCUT2D eigenvalue weighted by Gasteiger charge is 2.35. The third-order valence-corrected chi connectivity index (χ3v) is 5.27. The van der Waals surface area contributed by atoms with Crippen LogP contribution in [0.25, 0.3) is 5.69 Å². The number of primary amides is 1. The third-order valence-electron chi connectivity index (χ3n) is 5.27. The van der Waals surface area contributed by atoms with Crippen LogP contribution in [0.3, 0.4) is 0 Å². The Morgan fingerprint density at radius 1 is 1.10 bits per heavy atom. The Labute approximate surface area is 173 Å². The van der Waals surface area contributed by atoms with E-state index in [4.69, 9.17) is 15.2 Å². The molecule has 2 amide bonds. The van der Waals surface area contributed by atoms with Crippen molar-refractivity contribution in [2.24, 2.45) is 5.73 Å². The fourth-order valence-electron chi connectivity index (χ4n) is 3.79. The van der Waals surface area contributed by atoms with E-state index in [2.05, 4.69) is 5.10 Å². The molecule has 0 saturated heterocycles. The van der Waals surface area contributed by atoms with Crippen molar-refractivity contribution in [2.75, 3.05) is 25.7 Å². The van der Waals surface area contributed by atoms with Crippen molar-refractivity contribution in [3.8, 4) is 17.2 Å². The minimum absolute atomic E-state index is 0.0978. The van der Waals surface area contributed by atoms with Crippen LogP contribution in [-0.4, -0.2) is 42.4 Å². The van der Waals surface area contributed by atoms with Gasteiger partial charge in [-0.25, -0.2) is 4.68 Å². The molecular weight excluding hydrogens is 384 g/mol. The highest BCUT2D eigenvalue weighted by atomic mass is 16.5. The number of rotatable bonds is 5. The van der Waals surface area contributed by atoms with E-state index >= 15 is 0 Å². The molecule has 8 heteroatoms. The van der Waals surface area contributed by atoms with Crippen LogP contribution in [0.15, 0.2) is 42.5 Å². The first-order valence-electron chi connectivity index (χ1n) is 9.47. The molecule has 30 heavy (non-hydrogen) atoms. The summed E-state index contributed by atoms with van der Waals surface area (Å²) >= 11 is 0. The molecule has 2 heterocycles. The fraction of sp³-hybridized carbons (Fsp3) is 0.227. The average molecular weight is 406 g/mol. The van der Waals surface area contributed by atoms with E-state index in [1.807, 2.05) is 31.2 Å². The van der Waals surface area contributed by atoms with E-state index in [-0.39, 0.29) is 11.6 Å². The maximum atomic E-state index is 13.6. The molecule has 0 bridgehead atoms. The number of ether oxygens (including phenoxy) is 2. The predicted octanol–water partition coefficient (Wildman–Crippen LogP) is 2.50. The van der Waals surface area contributed by atoms with Crippen LogP contribution in [-0.2, 0) is 6.42 Å². The van der Waals surface area contributed by atoms with Gasteiger partial charge < -0.3 is 20.1 Å². The van der Waals surface area contributed by atoms with Gasteiger partial charge in [0.2, 0.25) is 0 Å². The lowest BCUT2D eigenvalue weighted by atomic mass is 10.0. The van der Waals surface area contributed by atoms with Crippen LogP contribution < -0.4 is 20.1 Å². The molecule has 0 saturated carbocycles. The van der Waals surface area contributed by atoms with E-state index < -0.39 is 5.91 Å². The van der Waals surface area contributed by atoms with Crippen molar-refractivity contribution in [2.45, 2.75) is 13.3 Å². The Morgan fingerprint density at radius 3 is 2.53 bits per heavy atom. The van der Waals surface area contributed by atoms with Gasteiger partial charge in [-0.2, -0.15) is 5.10 Å². The van der Waals surface area contributed by atoms with Crippen LogP contribution in [0.4, 0.5) is 5.69 Å². The molecule has 0 aliphatic carbocycles. The van der Waals surface area contributed by atoms with Gasteiger partial charge in [-0.05, 0) is 37.1 Å². The van der Waals surface area contributed by atoms with Gasteiger partial charge in [-0.1, -0.05) is 18.2 Å². The minimum atomic E-state index is -0.672. The number of methoxy groups -OCH3 is 2. The van der Waals surface area contributed by atoms with Crippen LogP contribution in [0, 0.1) is 6.92 Å². The smallest absolute Gasteiger partial charge is 0.277 e. The molecule has 1 aliphatic rings. The van der Waals surface area contributed by atoms with Gasteiger partial charge in [0.05, 0.1) is 14.2 Å². The van der Waals surface area contributed by atoms with E-state index in [1.54, 1.807) is 30.2 Å². The maximum Gasteiger partial charge on any atom is 0.277 e. The summed E-state index contributed by atoms with van der Waals surface area (Å²) in [5, 5.41) is 4.40. The van der Waals surface area contributed by atoms with Crippen molar-refractivity contribution < 1.29 is 19.1 Å². The van der Waals surface area contributed by atoms with Crippen molar-refractivity contribution in [3.05, 3.63) is 65.0 Å². The average Bonchev–Trinajstić information content (AvgIpc) is 3.15. The van der Waals surface area contributed by atoms with Crippen molar-refractivity contribution in [3.63, 3.8) is 0 Å². The molecule has 2 aromatic carbocycles. The SMILES string of the molecule is COc1ccc(-n2nc(C(N)=O)c3c2C(=O)N(c2ccccc2C)CC3)c(OC)c1. The predicted molar refractivity (Wildman–Crippen MR) is 112 cm³/mol. The van der Waals surface area contributed by atoms with Crippen LogP contribution >= 0.6 is 0 Å². The Balaban J connectivity index is 1.91. The first-order chi connectivity index (χ1) is 14.5. The zero-order valence-electron chi connectivity index (χ0n) is 17.0. The number of para-hydroxylation sites is 1. The zero-order chi connectivity index (χ0) is 21.4. The lowest BCUT2D eigenvalue weighted by Crippen LogP contribution is -2.39. The van der Waals surface area contributed by atoms with Gasteiger partial charge in [0, 0.05) is 23.9 Å². The summed E-state index contributed by atoms with van der Waals surface area (Å²) in [5.74, 6) is 0.133. The Hall–Kier alpha value is -3.81. The number of nitrogens with zero attached hydrogens (tertiary/aromatic N) is 3. The number of anilines is 1. The quantitative estimate of drug-likeness (QED) is 0.702. The molecule has 1 aromatic heterocycles. The van der Waals surface area contributed by atoms with Gasteiger partial charge in [-0.15, -0.1) is 0 Å². The molecule has 8 nitrogen and oxygen atoms in total. The van der Waals surface area contributed by atoms with Crippen molar-refractivity contribution >= 4 is 17.5 Å². The molecule has 4 rings (SSSR count). The van der Waals surface area contributed by atoms with Gasteiger partial charge in [0.15, 0.2) is 5.69 Å². The summed E-state index contributed by atoms with van der Waals surface area (Å²) in [6.07, 6.45) is 0.464. The molecule has 0 atom stereocenters. The lowest BCUT2D eigenvalue weighted by Gasteiger charge is -2.29. The van der Waals surface area contributed by atoms with Gasteiger partial charge >= 0.3 is 0 Å². The molecule has 3 aromatic rings. The number of carbonyl (C=O) groups excluding carboxylic acids is 2. The topological polar surface area (TPSA) is 99.7 Å². The molecule has 0 spiro atoms. The highest BCUT2D eigenvalue weighted by molar-refractivity contribution is 6.10. The monoisotopic (exact) mass is 406 g/mol. The number of aryl methyl sites for hydroxylation is 1. The zero-order valence-corrected chi connectivity index (χ0v) is 17.0. The second-order valence-corrected chi connectivity index (χ2v) is 6.98. The summed E-state index contributed by atoms with van der Waals surface area (Å²) in [5.41, 5.74) is 8.85. The summed E-state index contributed by atoms with van der Waals surface area (Å²) in [7, 11) is 3.07. The first kappa shape index (κ1) is 19.5. The number of hydrogen-bond donors (Lipinski definition) is 1. The number of hydrogen-bond acceptors (Lipinski definition) is 5. The van der Waals surface area contributed by atoms with E-state index in [0.29, 0.717) is 41.4 Å². The Morgan fingerprint density at radius 2 is 1.87 bits per heavy atom. The van der Waals surface area contributed by atoms with E-state index in [0.717, 1.165) is 11.3 Å². The number of fused-ring (bicyclic) bond motifs is 1. The summed E-state index contributed by atoms with van der Waals surface area (Å²) in [6.45, 7) is 2.39. The van der Waals surface area contributed by atoms with Crippen LogP contribution in [0.5, 0.6) is 11.5 Å². The van der Waals surface area contributed by atoms with E-state index in [9.17, 15) is 9.59 Å². The highest BCUT2D eigenvalue weighted by Crippen LogP contribution is 2.34. The Kier molecular flexibility index (Phi) is 4.91. The van der Waals surface area contributed by atoms with Crippen molar-refractivity contribution in [1.82, 2.24) is 9.78 Å². The molecular formula is C22H22N4O4. The molecule has 154 valence electrons. The molecule has 1 aliphatic heterocycles. The minimum Gasteiger partial charge on any atom is -0.497 e. The standard InChI is InChI=1S/C22H22N4O4/c1-13-6-4-5-7-16(13)25-11-10-15-19(21(23)27)24-26(20(15)22(25)28)17-9-8-14(29-2)12-18(17)30-3/h4-9,12H,10-11H2,1-3H3,(H2,23,27). The van der Waals surface area contributed by atoms with Gasteiger partial charge in [0.1, 0.15) is 22.9 Å². The summed E-state index contributed by atoms with van der Waals surface area (Å²) in [6, 6.07) is 12.8. The molecule has 0 fully saturated rings. The first-order valence-corrected chi connectivity index (χ1v) is 9.47. The Bertz CT molecular complexity index is 1150.